The van der Waals surface area contributed by atoms with Gasteiger partial charge >= 0.3 is 0 Å². The number of hydrogen-bond donors (Lipinski definition) is 1. The van der Waals surface area contributed by atoms with Crippen LogP contribution >= 0.6 is 23.2 Å². The lowest BCUT2D eigenvalue weighted by molar-refractivity contribution is 0.0763. The highest BCUT2D eigenvalue weighted by molar-refractivity contribution is 6.42. The molecule has 0 spiro atoms. The number of aliphatic hydroxyl groups is 1. The SMILES string of the molecule is CCC(O)(c1cccc(F)c1)c1cccc(Cl)c1Cl. The second-order valence-electron chi connectivity index (χ2n) is 4.33. The topological polar surface area (TPSA) is 20.2 Å². The average molecular weight is 299 g/mol. The standard InChI is InChI=1S/C15H13Cl2FO/c1-2-15(19,10-5-3-6-11(18)9-10)12-7-4-8-13(16)14(12)17/h3-9,19H,2H2,1H3. The molecule has 4 heteroatoms. The van der Waals surface area contributed by atoms with E-state index in [1.807, 2.05) is 6.92 Å². The van der Waals surface area contributed by atoms with E-state index in [0.717, 1.165) is 0 Å². The summed E-state index contributed by atoms with van der Waals surface area (Å²) >= 11 is 12.1. The Bertz CT molecular complexity index is 600. The summed E-state index contributed by atoms with van der Waals surface area (Å²) < 4.78 is 13.4. The van der Waals surface area contributed by atoms with Gasteiger partial charge in [0.1, 0.15) is 11.4 Å². The fraction of sp³-hybridized carbons (Fsp3) is 0.200. The normalized spacial score (nSPS) is 14.2. The van der Waals surface area contributed by atoms with Crippen molar-refractivity contribution in [2.75, 3.05) is 0 Å². The van der Waals surface area contributed by atoms with Crippen molar-refractivity contribution in [3.63, 3.8) is 0 Å². The lowest BCUT2D eigenvalue weighted by Crippen LogP contribution is -2.27. The molecule has 0 heterocycles. The predicted octanol–water partition coefficient (Wildman–Crippen LogP) is 4.78. The molecule has 0 aliphatic carbocycles. The van der Waals surface area contributed by atoms with Gasteiger partial charge in [-0.1, -0.05) is 54.4 Å². The quantitative estimate of drug-likeness (QED) is 0.865. The third-order valence-electron chi connectivity index (χ3n) is 3.21. The van der Waals surface area contributed by atoms with Crippen molar-refractivity contribution in [1.29, 1.82) is 0 Å². The minimum atomic E-state index is -1.36. The molecular weight excluding hydrogens is 286 g/mol. The summed E-state index contributed by atoms with van der Waals surface area (Å²) in [6.07, 6.45) is 0.358. The van der Waals surface area contributed by atoms with Crippen molar-refractivity contribution in [3.8, 4) is 0 Å². The summed E-state index contributed by atoms with van der Waals surface area (Å²) in [7, 11) is 0. The van der Waals surface area contributed by atoms with Crippen LogP contribution in [-0.4, -0.2) is 5.11 Å². The van der Waals surface area contributed by atoms with Crippen LogP contribution in [0.4, 0.5) is 4.39 Å². The van der Waals surface area contributed by atoms with Crippen molar-refractivity contribution in [2.45, 2.75) is 18.9 Å². The van der Waals surface area contributed by atoms with Crippen LogP contribution in [0, 0.1) is 5.82 Å². The zero-order valence-corrected chi connectivity index (χ0v) is 11.8. The Labute approximate surface area is 121 Å². The molecule has 1 unspecified atom stereocenters. The summed E-state index contributed by atoms with van der Waals surface area (Å²) in [5.41, 5.74) is -0.418. The van der Waals surface area contributed by atoms with Gasteiger partial charge in [0.25, 0.3) is 0 Å². The molecule has 0 aliphatic heterocycles. The van der Waals surface area contributed by atoms with Gasteiger partial charge < -0.3 is 5.11 Å². The lowest BCUT2D eigenvalue weighted by atomic mass is 9.84. The van der Waals surface area contributed by atoms with Crippen LogP contribution in [0.5, 0.6) is 0 Å². The number of halogens is 3. The van der Waals surface area contributed by atoms with Gasteiger partial charge in [0, 0.05) is 5.56 Å². The Morgan fingerprint density at radius 1 is 1.16 bits per heavy atom. The van der Waals surface area contributed by atoms with Crippen molar-refractivity contribution in [2.24, 2.45) is 0 Å². The lowest BCUT2D eigenvalue weighted by Gasteiger charge is -2.29. The van der Waals surface area contributed by atoms with Crippen LogP contribution in [0.25, 0.3) is 0 Å². The van der Waals surface area contributed by atoms with E-state index >= 15 is 0 Å². The van der Waals surface area contributed by atoms with Crippen molar-refractivity contribution in [3.05, 3.63) is 69.5 Å². The molecule has 100 valence electrons. The monoisotopic (exact) mass is 298 g/mol. The minimum absolute atomic E-state index is 0.290. The predicted molar refractivity (Wildman–Crippen MR) is 76.2 cm³/mol. The third kappa shape index (κ3) is 2.62. The van der Waals surface area contributed by atoms with Crippen molar-refractivity contribution >= 4 is 23.2 Å². The van der Waals surface area contributed by atoms with Gasteiger partial charge in [-0.3, -0.25) is 0 Å². The van der Waals surface area contributed by atoms with Crippen LogP contribution in [0.15, 0.2) is 42.5 Å². The van der Waals surface area contributed by atoms with E-state index in [1.165, 1.54) is 12.1 Å². The van der Waals surface area contributed by atoms with E-state index < -0.39 is 11.4 Å². The molecule has 0 aromatic heterocycles. The Morgan fingerprint density at radius 2 is 1.84 bits per heavy atom. The molecule has 19 heavy (non-hydrogen) atoms. The van der Waals surface area contributed by atoms with Crippen molar-refractivity contribution in [1.82, 2.24) is 0 Å². The average Bonchev–Trinajstić information content (AvgIpc) is 2.41. The van der Waals surface area contributed by atoms with Crippen LogP contribution < -0.4 is 0 Å². The second-order valence-corrected chi connectivity index (χ2v) is 5.11. The summed E-state index contributed by atoms with van der Waals surface area (Å²) in [6.45, 7) is 1.81. The number of benzene rings is 2. The van der Waals surface area contributed by atoms with Crippen LogP contribution in [0.1, 0.15) is 24.5 Å². The van der Waals surface area contributed by atoms with E-state index in [1.54, 1.807) is 30.3 Å². The van der Waals surface area contributed by atoms with E-state index in [4.69, 9.17) is 23.2 Å². The van der Waals surface area contributed by atoms with Crippen LogP contribution in [-0.2, 0) is 5.60 Å². The molecule has 0 saturated carbocycles. The van der Waals surface area contributed by atoms with E-state index in [0.29, 0.717) is 22.6 Å². The third-order valence-corrected chi connectivity index (χ3v) is 4.03. The fourth-order valence-electron chi connectivity index (χ4n) is 2.12. The highest BCUT2D eigenvalue weighted by Gasteiger charge is 2.32. The molecule has 2 rings (SSSR count). The molecule has 0 amide bonds. The minimum Gasteiger partial charge on any atom is -0.380 e. The molecular formula is C15H13Cl2FO. The highest BCUT2D eigenvalue weighted by Crippen LogP contribution is 2.39. The Morgan fingerprint density at radius 3 is 2.47 bits per heavy atom. The van der Waals surface area contributed by atoms with E-state index in [9.17, 15) is 9.50 Å². The molecule has 0 aliphatic rings. The van der Waals surface area contributed by atoms with Gasteiger partial charge in [0.2, 0.25) is 0 Å². The maximum Gasteiger partial charge on any atom is 0.123 e. The number of hydrogen-bond acceptors (Lipinski definition) is 1. The molecule has 2 aromatic rings. The second kappa shape index (κ2) is 5.49. The van der Waals surface area contributed by atoms with Gasteiger partial charge in [0.05, 0.1) is 10.0 Å². The Kier molecular flexibility index (Phi) is 4.14. The molecule has 2 aromatic carbocycles. The summed E-state index contributed by atoms with van der Waals surface area (Å²) in [5.74, 6) is -0.400. The molecule has 0 saturated heterocycles. The van der Waals surface area contributed by atoms with Gasteiger partial charge in [-0.05, 0) is 30.2 Å². The van der Waals surface area contributed by atoms with Crippen molar-refractivity contribution < 1.29 is 9.50 Å². The van der Waals surface area contributed by atoms with E-state index in [2.05, 4.69) is 0 Å². The first kappa shape index (κ1) is 14.3. The molecule has 0 bridgehead atoms. The van der Waals surface area contributed by atoms with Crippen LogP contribution in [0.3, 0.4) is 0 Å². The first-order valence-electron chi connectivity index (χ1n) is 5.92. The summed E-state index contributed by atoms with van der Waals surface area (Å²) in [6, 6.07) is 10.9. The maximum absolute atomic E-state index is 13.4. The summed E-state index contributed by atoms with van der Waals surface area (Å²) in [4.78, 5) is 0. The van der Waals surface area contributed by atoms with Gasteiger partial charge in [-0.2, -0.15) is 0 Å². The molecule has 0 fully saturated rings. The highest BCUT2D eigenvalue weighted by atomic mass is 35.5. The van der Waals surface area contributed by atoms with Gasteiger partial charge in [0.15, 0.2) is 0 Å². The van der Waals surface area contributed by atoms with Gasteiger partial charge in [-0.15, -0.1) is 0 Å². The first-order valence-corrected chi connectivity index (χ1v) is 6.67. The first-order chi connectivity index (χ1) is 8.99. The van der Waals surface area contributed by atoms with Crippen LogP contribution in [0.2, 0.25) is 10.0 Å². The molecule has 0 radical (unpaired) electrons. The summed E-state index contributed by atoms with van der Waals surface area (Å²) in [5, 5.41) is 11.5. The van der Waals surface area contributed by atoms with E-state index in [-0.39, 0.29) is 5.02 Å². The largest absolute Gasteiger partial charge is 0.380 e. The Balaban J connectivity index is 2.63. The maximum atomic E-state index is 13.4. The molecule has 1 N–H and O–H groups in total. The molecule has 1 atom stereocenters. The zero-order chi connectivity index (χ0) is 14.0. The smallest absolute Gasteiger partial charge is 0.123 e. The zero-order valence-electron chi connectivity index (χ0n) is 10.3. The van der Waals surface area contributed by atoms with Gasteiger partial charge in [-0.25, -0.2) is 4.39 Å². The number of rotatable bonds is 3. The Hall–Kier alpha value is -1.09. The fourth-order valence-corrected chi connectivity index (χ4v) is 2.58. The molecule has 1 nitrogen and oxygen atoms in total.